The van der Waals surface area contributed by atoms with Crippen LogP contribution < -0.4 is 15.2 Å². The van der Waals surface area contributed by atoms with Crippen LogP contribution >= 0.6 is 15.9 Å². The summed E-state index contributed by atoms with van der Waals surface area (Å²) in [5, 5.41) is 9.14. The predicted octanol–water partition coefficient (Wildman–Crippen LogP) is 3.76. The Balaban J connectivity index is 2.28. The zero-order chi connectivity index (χ0) is 15.4. The van der Waals surface area contributed by atoms with E-state index in [1.165, 1.54) is 0 Å². The molecule has 2 rings (SSSR count). The van der Waals surface area contributed by atoms with E-state index in [4.69, 9.17) is 20.3 Å². The fourth-order valence-corrected chi connectivity index (χ4v) is 2.68. The van der Waals surface area contributed by atoms with Gasteiger partial charge in [-0.05, 0) is 42.3 Å². The van der Waals surface area contributed by atoms with Gasteiger partial charge in [0, 0.05) is 10.5 Å². The summed E-state index contributed by atoms with van der Waals surface area (Å²) in [6, 6.07) is 10.9. The summed E-state index contributed by atoms with van der Waals surface area (Å²) in [7, 11) is 1.57. The molecule has 0 spiro atoms. The average Bonchev–Trinajstić information content (AvgIpc) is 2.47. The smallest absolute Gasteiger partial charge is 0.169 e. The van der Waals surface area contributed by atoms with Gasteiger partial charge in [-0.1, -0.05) is 28.1 Å². The molecule has 3 N–H and O–H groups in total. The molecule has 112 valence electrons. The van der Waals surface area contributed by atoms with E-state index in [9.17, 15) is 0 Å². The third-order valence-corrected chi connectivity index (χ3v) is 3.79. The molecule has 0 saturated heterocycles. The summed E-state index contributed by atoms with van der Waals surface area (Å²) in [5.74, 6) is 1.85. The first-order chi connectivity index (χ1) is 10.0. The molecular weight excluding hydrogens is 334 g/mol. The molecule has 0 unspecified atom stereocenters. The number of aliphatic hydroxyl groups excluding tert-OH is 1. The van der Waals surface area contributed by atoms with Crippen LogP contribution in [0.1, 0.15) is 24.1 Å². The first-order valence-corrected chi connectivity index (χ1v) is 7.35. The zero-order valence-electron chi connectivity index (χ0n) is 12.0. The lowest BCUT2D eigenvalue weighted by atomic mass is 10.1. The van der Waals surface area contributed by atoms with E-state index in [0.717, 1.165) is 15.6 Å². The number of aliphatic hydroxyl groups is 1. The third-order valence-electron chi connectivity index (χ3n) is 3.10. The minimum Gasteiger partial charge on any atom is -0.493 e. The topological polar surface area (TPSA) is 64.7 Å². The van der Waals surface area contributed by atoms with Crippen LogP contribution in [-0.4, -0.2) is 12.2 Å². The highest BCUT2D eigenvalue weighted by atomic mass is 79.9. The van der Waals surface area contributed by atoms with Crippen molar-refractivity contribution in [1.82, 2.24) is 0 Å². The number of hydrogen-bond acceptors (Lipinski definition) is 4. The first-order valence-electron chi connectivity index (χ1n) is 6.55. The number of hydrogen-bond donors (Lipinski definition) is 2. The van der Waals surface area contributed by atoms with Gasteiger partial charge in [0.1, 0.15) is 5.75 Å². The first kappa shape index (κ1) is 15.8. The van der Waals surface area contributed by atoms with E-state index in [2.05, 4.69) is 15.9 Å². The van der Waals surface area contributed by atoms with Crippen molar-refractivity contribution in [2.45, 2.75) is 19.6 Å². The largest absolute Gasteiger partial charge is 0.493 e. The number of rotatable bonds is 5. The van der Waals surface area contributed by atoms with Gasteiger partial charge in [-0.3, -0.25) is 0 Å². The maximum Gasteiger partial charge on any atom is 0.169 e. The summed E-state index contributed by atoms with van der Waals surface area (Å²) in [5.41, 5.74) is 7.67. The van der Waals surface area contributed by atoms with Gasteiger partial charge in [0.25, 0.3) is 0 Å². The van der Waals surface area contributed by atoms with Crippen molar-refractivity contribution in [2.24, 2.45) is 5.73 Å². The second-order valence-corrected chi connectivity index (χ2v) is 5.57. The second kappa shape index (κ2) is 6.93. The van der Waals surface area contributed by atoms with Crippen molar-refractivity contribution in [3.8, 4) is 17.2 Å². The lowest BCUT2D eigenvalue weighted by Gasteiger charge is -2.13. The van der Waals surface area contributed by atoms with Crippen LogP contribution in [0.2, 0.25) is 0 Å². The Hall–Kier alpha value is -1.56. The number of methoxy groups -OCH3 is 1. The molecule has 5 heteroatoms. The van der Waals surface area contributed by atoms with E-state index in [-0.39, 0.29) is 12.6 Å². The molecule has 4 nitrogen and oxygen atoms in total. The van der Waals surface area contributed by atoms with Crippen molar-refractivity contribution in [3.05, 3.63) is 52.0 Å². The zero-order valence-corrected chi connectivity index (χ0v) is 13.6. The molecule has 0 heterocycles. The van der Waals surface area contributed by atoms with E-state index in [1.54, 1.807) is 25.3 Å². The summed E-state index contributed by atoms with van der Waals surface area (Å²) in [6.07, 6.45) is 0. The third kappa shape index (κ3) is 3.75. The molecule has 2 aromatic rings. The van der Waals surface area contributed by atoms with Crippen LogP contribution in [0, 0.1) is 0 Å². The van der Waals surface area contributed by atoms with Crippen LogP contribution in [0.5, 0.6) is 17.2 Å². The SMILES string of the molecule is COc1cc(CO)ccc1Oc1ccc([C@@H](C)N)c(Br)c1. The predicted molar refractivity (Wildman–Crippen MR) is 85.7 cm³/mol. The van der Waals surface area contributed by atoms with Gasteiger partial charge in [0.2, 0.25) is 0 Å². The molecule has 1 atom stereocenters. The van der Waals surface area contributed by atoms with Crippen molar-refractivity contribution >= 4 is 15.9 Å². The van der Waals surface area contributed by atoms with E-state index >= 15 is 0 Å². The Bertz CT molecular complexity index is 629. The highest BCUT2D eigenvalue weighted by Crippen LogP contribution is 2.34. The molecule has 0 radical (unpaired) electrons. The quantitative estimate of drug-likeness (QED) is 0.860. The fraction of sp³-hybridized carbons (Fsp3) is 0.250. The number of ether oxygens (including phenoxy) is 2. The molecule has 0 fully saturated rings. The van der Waals surface area contributed by atoms with Gasteiger partial charge in [-0.15, -0.1) is 0 Å². The van der Waals surface area contributed by atoms with Gasteiger partial charge in [-0.25, -0.2) is 0 Å². The molecule has 2 aromatic carbocycles. The summed E-state index contributed by atoms with van der Waals surface area (Å²) in [6.45, 7) is 1.89. The van der Waals surface area contributed by atoms with Crippen LogP contribution in [0.3, 0.4) is 0 Å². The maximum atomic E-state index is 9.14. The molecular formula is C16H18BrNO3. The Morgan fingerprint density at radius 2 is 1.95 bits per heavy atom. The lowest BCUT2D eigenvalue weighted by molar-refractivity contribution is 0.280. The Morgan fingerprint density at radius 1 is 1.19 bits per heavy atom. The highest BCUT2D eigenvalue weighted by molar-refractivity contribution is 9.10. The molecule has 0 aromatic heterocycles. The molecule has 0 amide bonds. The molecule has 0 bridgehead atoms. The fourth-order valence-electron chi connectivity index (χ4n) is 1.96. The number of nitrogens with two attached hydrogens (primary N) is 1. The van der Waals surface area contributed by atoms with Gasteiger partial charge in [0.05, 0.1) is 13.7 Å². The van der Waals surface area contributed by atoms with Crippen LogP contribution in [0.25, 0.3) is 0 Å². The van der Waals surface area contributed by atoms with Crippen LogP contribution in [0.4, 0.5) is 0 Å². The Labute approximate surface area is 132 Å². The molecule has 0 aliphatic heterocycles. The van der Waals surface area contributed by atoms with E-state index in [0.29, 0.717) is 17.2 Å². The standard InChI is InChI=1S/C16H18BrNO3/c1-10(18)13-5-4-12(8-14(13)17)21-15-6-3-11(9-19)7-16(15)20-2/h3-8,10,19H,9,18H2,1-2H3/t10-/m1/s1. The highest BCUT2D eigenvalue weighted by Gasteiger charge is 2.10. The number of benzene rings is 2. The van der Waals surface area contributed by atoms with Gasteiger partial charge in [0.15, 0.2) is 11.5 Å². The molecule has 21 heavy (non-hydrogen) atoms. The Kier molecular flexibility index (Phi) is 5.22. The Morgan fingerprint density at radius 3 is 2.52 bits per heavy atom. The minimum absolute atomic E-state index is 0.0364. The molecule has 0 saturated carbocycles. The van der Waals surface area contributed by atoms with Gasteiger partial charge >= 0.3 is 0 Å². The van der Waals surface area contributed by atoms with Crippen LogP contribution in [-0.2, 0) is 6.61 Å². The van der Waals surface area contributed by atoms with E-state index in [1.807, 2.05) is 25.1 Å². The normalized spacial score (nSPS) is 12.0. The van der Waals surface area contributed by atoms with Crippen molar-refractivity contribution in [3.63, 3.8) is 0 Å². The lowest BCUT2D eigenvalue weighted by Crippen LogP contribution is -2.05. The van der Waals surface area contributed by atoms with Gasteiger partial charge in [-0.2, -0.15) is 0 Å². The summed E-state index contributed by atoms with van der Waals surface area (Å²) >= 11 is 3.50. The monoisotopic (exact) mass is 351 g/mol. The summed E-state index contributed by atoms with van der Waals surface area (Å²) < 4.78 is 12.0. The minimum atomic E-state index is -0.0493. The van der Waals surface area contributed by atoms with Crippen LogP contribution in [0.15, 0.2) is 40.9 Å². The van der Waals surface area contributed by atoms with Crippen molar-refractivity contribution < 1.29 is 14.6 Å². The average molecular weight is 352 g/mol. The van der Waals surface area contributed by atoms with Crippen molar-refractivity contribution in [1.29, 1.82) is 0 Å². The van der Waals surface area contributed by atoms with E-state index < -0.39 is 0 Å². The van der Waals surface area contributed by atoms with Crippen molar-refractivity contribution in [2.75, 3.05) is 7.11 Å². The number of halogens is 1. The molecule has 0 aliphatic carbocycles. The molecule has 0 aliphatic rings. The summed E-state index contributed by atoms with van der Waals surface area (Å²) in [4.78, 5) is 0. The van der Waals surface area contributed by atoms with Gasteiger partial charge < -0.3 is 20.3 Å². The second-order valence-electron chi connectivity index (χ2n) is 4.72. The maximum absolute atomic E-state index is 9.14.